The number of benzene rings is 1. The molecule has 0 bridgehead atoms. The van der Waals surface area contributed by atoms with Crippen molar-refractivity contribution in [1.29, 1.82) is 0 Å². The molecule has 100 valence electrons. The van der Waals surface area contributed by atoms with E-state index in [0.717, 1.165) is 11.3 Å². The zero-order chi connectivity index (χ0) is 13.8. The first-order valence-corrected chi connectivity index (χ1v) is 6.97. The lowest BCUT2D eigenvalue weighted by molar-refractivity contribution is -0.384. The summed E-state index contributed by atoms with van der Waals surface area (Å²) in [5.41, 5.74) is 1.85. The Balaban J connectivity index is 2.89. The number of hydrogen-bond acceptors (Lipinski definition) is 4. The molecule has 0 aromatic heterocycles. The van der Waals surface area contributed by atoms with E-state index in [1.165, 1.54) is 0 Å². The fraction of sp³-hybridized carbons (Fsp3) is 0.538. The van der Waals surface area contributed by atoms with E-state index in [0.29, 0.717) is 12.2 Å². The minimum absolute atomic E-state index is 0.140. The van der Waals surface area contributed by atoms with Crippen molar-refractivity contribution in [3.8, 4) is 0 Å². The molecule has 0 saturated heterocycles. The first-order chi connectivity index (χ1) is 8.33. The molecule has 0 aliphatic carbocycles. The van der Waals surface area contributed by atoms with Crippen LogP contribution >= 0.6 is 11.8 Å². The minimum atomic E-state index is -0.349. The molecule has 0 saturated carbocycles. The third-order valence-corrected chi connectivity index (χ3v) is 3.64. The van der Waals surface area contributed by atoms with Gasteiger partial charge in [-0.2, -0.15) is 11.8 Å². The number of nitro groups is 1. The molecule has 0 aliphatic rings. The van der Waals surface area contributed by atoms with Crippen LogP contribution in [-0.2, 0) is 5.75 Å². The summed E-state index contributed by atoms with van der Waals surface area (Å²) in [7, 11) is 0. The molecule has 0 amide bonds. The lowest BCUT2D eigenvalue weighted by Gasteiger charge is -2.17. The van der Waals surface area contributed by atoms with Gasteiger partial charge in [0.2, 0.25) is 0 Å². The van der Waals surface area contributed by atoms with Crippen molar-refractivity contribution in [3.63, 3.8) is 0 Å². The van der Waals surface area contributed by atoms with E-state index < -0.39 is 0 Å². The van der Waals surface area contributed by atoms with E-state index in [-0.39, 0.29) is 15.4 Å². The molecule has 4 nitrogen and oxygen atoms in total. The van der Waals surface area contributed by atoms with Crippen LogP contribution in [0.5, 0.6) is 0 Å². The average Bonchev–Trinajstić information content (AvgIpc) is 2.25. The molecule has 5 heteroatoms. The summed E-state index contributed by atoms with van der Waals surface area (Å²) in [4.78, 5) is 10.5. The van der Waals surface area contributed by atoms with Gasteiger partial charge in [0.15, 0.2) is 0 Å². The number of nitro benzene ring substituents is 1. The molecule has 0 radical (unpaired) electrons. The number of nitrogens with one attached hydrogen (secondary N) is 1. The third-order valence-electron chi connectivity index (χ3n) is 2.30. The highest BCUT2D eigenvalue weighted by Crippen LogP contribution is 2.31. The molecule has 1 rings (SSSR count). The molecule has 18 heavy (non-hydrogen) atoms. The van der Waals surface area contributed by atoms with Gasteiger partial charge in [-0.15, -0.1) is 0 Å². The van der Waals surface area contributed by atoms with Crippen molar-refractivity contribution in [2.24, 2.45) is 0 Å². The van der Waals surface area contributed by atoms with E-state index in [1.54, 1.807) is 6.07 Å². The molecular weight excluding hydrogens is 248 g/mol. The maximum atomic E-state index is 10.9. The summed E-state index contributed by atoms with van der Waals surface area (Å²) in [6, 6.07) is 5.29. The Bertz CT molecular complexity index is 427. The van der Waals surface area contributed by atoms with Crippen molar-refractivity contribution >= 4 is 23.1 Å². The second-order valence-corrected chi connectivity index (χ2v) is 6.84. The molecule has 0 atom stereocenters. The zero-order valence-electron chi connectivity index (χ0n) is 11.3. The summed E-state index contributed by atoms with van der Waals surface area (Å²) >= 11 is 1.83. The van der Waals surface area contributed by atoms with Crippen molar-refractivity contribution < 1.29 is 4.92 Å². The maximum absolute atomic E-state index is 10.9. The van der Waals surface area contributed by atoms with E-state index in [2.05, 4.69) is 26.1 Å². The Morgan fingerprint density at radius 3 is 2.56 bits per heavy atom. The van der Waals surface area contributed by atoms with Crippen LogP contribution < -0.4 is 5.32 Å². The fourth-order valence-electron chi connectivity index (χ4n) is 1.46. The van der Waals surface area contributed by atoms with Crippen molar-refractivity contribution in [2.45, 2.75) is 38.2 Å². The van der Waals surface area contributed by atoms with E-state index in [1.807, 2.05) is 30.8 Å². The van der Waals surface area contributed by atoms with E-state index in [9.17, 15) is 10.1 Å². The van der Waals surface area contributed by atoms with Gasteiger partial charge < -0.3 is 5.32 Å². The zero-order valence-corrected chi connectivity index (χ0v) is 12.1. The number of hydrogen-bond donors (Lipinski definition) is 1. The Labute approximate surface area is 112 Å². The van der Waals surface area contributed by atoms with Gasteiger partial charge in [0.05, 0.1) is 4.92 Å². The van der Waals surface area contributed by atoms with Crippen LogP contribution in [0.1, 0.15) is 33.3 Å². The first-order valence-electron chi connectivity index (χ1n) is 5.98. The molecule has 1 N–H and O–H groups in total. The Kier molecular flexibility index (Phi) is 5.02. The van der Waals surface area contributed by atoms with Crippen LogP contribution in [-0.4, -0.2) is 16.2 Å². The Hall–Kier alpha value is -1.23. The molecule has 0 spiro atoms. The van der Waals surface area contributed by atoms with Gasteiger partial charge >= 0.3 is 0 Å². The van der Waals surface area contributed by atoms with Crippen molar-refractivity contribution in [1.82, 2.24) is 0 Å². The number of nitrogens with zero attached hydrogens (tertiary/aromatic N) is 1. The van der Waals surface area contributed by atoms with Crippen LogP contribution in [0.2, 0.25) is 0 Å². The van der Waals surface area contributed by atoms with Crippen LogP contribution in [0.4, 0.5) is 11.4 Å². The summed E-state index contributed by atoms with van der Waals surface area (Å²) in [6.07, 6.45) is 0. The SMILES string of the molecule is CCNc1cc(CSC(C)(C)C)ccc1[N+](=O)[O-]. The normalized spacial score (nSPS) is 11.3. The van der Waals surface area contributed by atoms with E-state index in [4.69, 9.17) is 0 Å². The number of anilines is 1. The highest BCUT2D eigenvalue weighted by atomic mass is 32.2. The fourth-order valence-corrected chi connectivity index (χ4v) is 2.24. The summed E-state index contributed by atoms with van der Waals surface area (Å²) < 4.78 is 0.195. The predicted molar refractivity (Wildman–Crippen MR) is 78.3 cm³/mol. The molecule has 0 heterocycles. The summed E-state index contributed by atoms with van der Waals surface area (Å²) in [6.45, 7) is 9.09. The summed E-state index contributed by atoms with van der Waals surface area (Å²) in [5, 5.41) is 13.9. The van der Waals surface area contributed by atoms with Crippen LogP contribution in [0.25, 0.3) is 0 Å². The second kappa shape index (κ2) is 6.09. The topological polar surface area (TPSA) is 55.2 Å². The molecule has 1 aromatic rings. The molecule has 1 aromatic carbocycles. The lowest BCUT2D eigenvalue weighted by Crippen LogP contribution is -2.08. The molecule has 0 unspecified atom stereocenters. The number of rotatable bonds is 5. The number of thioether (sulfide) groups is 1. The lowest BCUT2D eigenvalue weighted by atomic mass is 10.2. The second-order valence-electron chi connectivity index (χ2n) is 5.04. The van der Waals surface area contributed by atoms with E-state index >= 15 is 0 Å². The van der Waals surface area contributed by atoms with Gasteiger partial charge in [0, 0.05) is 23.1 Å². The Morgan fingerprint density at radius 2 is 2.06 bits per heavy atom. The summed E-state index contributed by atoms with van der Waals surface area (Å²) in [5.74, 6) is 0.861. The molecule has 0 aliphatic heterocycles. The first kappa shape index (κ1) is 14.8. The smallest absolute Gasteiger partial charge is 0.292 e. The van der Waals surface area contributed by atoms with Gasteiger partial charge in [-0.1, -0.05) is 26.8 Å². The highest BCUT2D eigenvalue weighted by Gasteiger charge is 2.15. The monoisotopic (exact) mass is 268 g/mol. The molecule has 0 fully saturated rings. The van der Waals surface area contributed by atoms with Gasteiger partial charge in [0.1, 0.15) is 5.69 Å². The standard InChI is InChI=1S/C13H20N2O2S/c1-5-14-11-8-10(9-18-13(2,3)4)6-7-12(11)15(16)17/h6-8,14H,5,9H2,1-4H3. The van der Waals surface area contributed by atoms with Crippen LogP contribution in [0.3, 0.4) is 0 Å². The molecular formula is C13H20N2O2S. The quantitative estimate of drug-likeness (QED) is 0.646. The van der Waals surface area contributed by atoms with Gasteiger partial charge in [-0.3, -0.25) is 10.1 Å². The highest BCUT2D eigenvalue weighted by molar-refractivity contribution is 7.99. The predicted octanol–water partition coefficient (Wildman–Crippen LogP) is 4.06. The minimum Gasteiger partial charge on any atom is -0.380 e. The van der Waals surface area contributed by atoms with Crippen LogP contribution in [0.15, 0.2) is 18.2 Å². The average molecular weight is 268 g/mol. The van der Waals surface area contributed by atoms with Crippen molar-refractivity contribution in [3.05, 3.63) is 33.9 Å². The van der Waals surface area contributed by atoms with Gasteiger partial charge in [0.25, 0.3) is 5.69 Å². The van der Waals surface area contributed by atoms with Crippen LogP contribution in [0, 0.1) is 10.1 Å². The van der Waals surface area contributed by atoms with Gasteiger partial charge in [-0.05, 0) is 18.6 Å². The third kappa shape index (κ3) is 4.56. The maximum Gasteiger partial charge on any atom is 0.292 e. The van der Waals surface area contributed by atoms with Gasteiger partial charge in [-0.25, -0.2) is 0 Å². The Morgan fingerprint density at radius 1 is 1.39 bits per heavy atom. The largest absolute Gasteiger partial charge is 0.380 e. The van der Waals surface area contributed by atoms with Crippen molar-refractivity contribution in [2.75, 3.05) is 11.9 Å².